The van der Waals surface area contributed by atoms with Crippen molar-refractivity contribution in [3.63, 3.8) is 0 Å². The van der Waals surface area contributed by atoms with Gasteiger partial charge in [0.1, 0.15) is 5.56 Å². The Balaban J connectivity index is 2.35. The second-order valence-corrected chi connectivity index (χ2v) is 9.87. The summed E-state index contributed by atoms with van der Waals surface area (Å²) in [4.78, 5) is 25.7. The van der Waals surface area contributed by atoms with Crippen LogP contribution in [0.15, 0.2) is 15.8 Å². The van der Waals surface area contributed by atoms with Gasteiger partial charge < -0.3 is 0 Å². The van der Waals surface area contributed by atoms with Gasteiger partial charge in [-0.1, -0.05) is 13.8 Å². The number of hydrogen-bond acceptors (Lipinski definition) is 4. The van der Waals surface area contributed by atoms with Gasteiger partial charge in [0.15, 0.2) is 9.84 Å². The normalized spacial score (nSPS) is 17.8. The number of carbonyl (C=O) groups excluding carboxylic acids is 1. The van der Waals surface area contributed by atoms with Crippen LogP contribution in [0.4, 0.5) is 0 Å². The Bertz CT molecular complexity index is 1100. The molecule has 0 bridgehead atoms. The van der Waals surface area contributed by atoms with Crippen molar-refractivity contribution < 1.29 is 13.2 Å². The number of hydrogen-bond donors (Lipinski definition) is 1. The van der Waals surface area contributed by atoms with E-state index >= 15 is 0 Å². The molecular weight excluding hydrogens is 352 g/mol. The fourth-order valence-corrected chi connectivity index (χ4v) is 6.36. The van der Waals surface area contributed by atoms with E-state index in [1.807, 2.05) is 20.8 Å². The number of nitrogens with one attached hydrogen (secondary N) is 1. The Labute approximate surface area is 153 Å². The first kappa shape index (κ1) is 18.6. The number of carbonyl (C=O) groups is 1. The fourth-order valence-electron chi connectivity index (χ4n) is 4.06. The summed E-state index contributed by atoms with van der Waals surface area (Å²) in [5.41, 5.74) is 2.11. The van der Waals surface area contributed by atoms with E-state index in [0.717, 1.165) is 11.1 Å². The number of H-pyrrole nitrogens is 1. The minimum absolute atomic E-state index is 0.0578. The maximum Gasteiger partial charge on any atom is 0.277 e. The number of benzene rings is 1. The predicted octanol–water partition coefficient (Wildman–Crippen LogP) is 2.32. The molecule has 1 aromatic carbocycles. The molecule has 2 aromatic rings. The van der Waals surface area contributed by atoms with Gasteiger partial charge in [-0.3, -0.25) is 19.4 Å². The molecule has 6 nitrogen and oxygen atoms in total. The van der Waals surface area contributed by atoms with Crippen LogP contribution in [-0.4, -0.2) is 29.7 Å². The Morgan fingerprint density at radius 2 is 1.85 bits per heavy atom. The molecule has 0 fully saturated rings. The monoisotopic (exact) mass is 376 g/mol. The SMILES string of the molecule is Cc1cc(C(=O)c2c(C)[nH]n(C)c2=O)c(C)c2c1C(C)(C)CCS2(=O)=O. The number of aromatic amines is 1. The summed E-state index contributed by atoms with van der Waals surface area (Å²) in [6.07, 6.45) is 0.549. The predicted molar refractivity (Wildman–Crippen MR) is 99.8 cm³/mol. The largest absolute Gasteiger partial charge is 0.299 e. The van der Waals surface area contributed by atoms with Crippen molar-refractivity contribution in [1.82, 2.24) is 9.78 Å². The smallest absolute Gasteiger partial charge is 0.277 e. The number of ketones is 1. The van der Waals surface area contributed by atoms with Gasteiger partial charge >= 0.3 is 0 Å². The first-order valence-electron chi connectivity index (χ1n) is 8.56. The third-order valence-electron chi connectivity index (χ3n) is 5.41. The maximum absolute atomic E-state index is 13.1. The number of nitrogens with zero attached hydrogens (tertiary/aromatic N) is 1. The zero-order valence-corrected chi connectivity index (χ0v) is 16.8. The summed E-state index contributed by atoms with van der Waals surface area (Å²) in [7, 11) is -1.92. The quantitative estimate of drug-likeness (QED) is 0.815. The maximum atomic E-state index is 13.1. The lowest BCUT2D eigenvalue weighted by Gasteiger charge is -2.35. The third kappa shape index (κ3) is 2.57. The molecule has 0 aliphatic carbocycles. The average molecular weight is 376 g/mol. The van der Waals surface area contributed by atoms with E-state index in [1.54, 1.807) is 27.0 Å². The highest BCUT2D eigenvalue weighted by Gasteiger charge is 2.39. The number of aromatic nitrogens is 2. The second kappa shape index (κ2) is 5.67. The van der Waals surface area contributed by atoms with E-state index < -0.39 is 21.2 Å². The van der Waals surface area contributed by atoms with Crippen LogP contribution in [-0.2, 0) is 22.3 Å². The first-order valence-corrected chi connectivity index (χ1v) is 10.2. The highest BCUT2D eigenvalue weighted by atomic mass is 32.2. The molecule has 26 heavy (non-hydrogen) atoms. The van der Waals surface area contributed by atoms with Crippen molar-refractivity contribution in [2.24, 2.45) is 7.05 Å². The van der Waals surface area contributed by atoms with Crippen LogP contribution < -0.4 is 5.56 Å². The van der Waals surface area contributed by atoms with Gasteiger partial charge in [-0.05, 0) is 55.4 Å². The summed E-state index contributed by atoms with van der Waals surface area (Å²) in [6, 6.07) is 1.73. The number of fused-ring (bicyclic) bond motifs is 1. The number of sulfone groups is 1. The van der Waals surface area contributed by atoms with Gasteiger partial charge in [0, 0.05) is 18.3 Å². The van der Waals surface area contributed by atoms with Crippen LogP contribution in [0, 0.1) is 20.8 Å². The van der Waals surface area contributed by atoms with Gasteiger partial charge in [-0.15, -0.1) is 0 Å². The highest BCUT2D eigenvalue weighted by molar-refractivity contribution is 7.91. The Kier molecular flexibility index (Phi) is 4.07. The zero-order chi connectivity index (χ0) is 19.6. The summed E-state index contributed by atoms with van der Waals surface area (Å²) < 4.78 is 26.9. The van der Waals surface area contributed by atoms with Crippen molar-refractivity contribution in [2.45, 2.75) is 51.3 Å². The van der Waals surface area contributed by atoms with Gasteiger partial charge in [0.2, 0.25) is 5.78 Å². The molecule has 0 spiro atoms. The van der Waals surface area contributed by atoms with Gasteiger partial charge in [-0.25, -0.2) is 8.42 Å². The van der Waals surface area contributed by atoms with Crippen LogP contribution in [0.1, 0.15) is 58.6 Å². The van der Waals surface area contributed by atoms with Gasteiger partial charge in [-0.2, -0.15) is 0 Å². The fraction of sp³-hybridized carbons (Fsp3) is 0.474. The molecule has 3 rings (SSSR count). The number of aryl methyl sites for hydroxylation is 3. The lowest BCUT2D eigenvalue weighted by atomic mass is 9.77. The molecular formula is C19H24N2O4S. The molecule has 0 saturated carbocycles. The molecule has 2 heterocycles. The standard InChI is InChI=1S/C19H24N2O4S/c1-10-9-13(16(22)14-12(3)20-21(6)18(14)23)11(2)17-15(10)19(4,5)7-8-26(17,24)25/h9,20H,7-8H2,1-6H3. The number of rotatable bonds is 2. The van der Waals surface area contributed by atoms with E-state index in [4.69, 9.17) is 0 Å². The molecule has 0 saturated heterocycles. The topological polar surface area (TPSA) is 89.0 Å². The highest BCUT2D eigenvalue weighted by Crippen LogP contribution is 2.43. The van der Waals surface area contributed by atoms with Crippen molar-refractivity contribution in [2.75, 3.05) is 5.75 Å². The van der Waals surface area contributed by atoms with E-state index in [-0.39, 0.29) is 27.2 Å². The first-order chi connectivity index (χ1) is 11.9. The van der Waals surface area contributed by atoms with Crippen molar-refractivity contribution in [1.29, 1.82) is 0 Å². The van der Waals surface area contributed by atoms with Crippen LogP contribution in [0.5, 0.6) is 0 Å². The van der Waals surface area contributed by atoms with E-state index in [2.05, 4.69) is 5.10 Å². The molecule has 7 heteroatoms. The average Bonchev–Trinajstić information content (AvgIpc) is 2.78. The zero-order valence-electron chi connectivity index (χ0n) is 16.0. The molecule has 1 N–H and O–H groups in total. The summed E-state index contributed by atoms with van der Waals surface area (Å²) in [5.74, 6) is -0.373. The molecule has 1 aliphatic heterocycles. The van der Waals surface area contributed by atoms with Crippen LogP contribution in [0.3, 0.4) is 0 Å². The molecule has 1 aromatic heterocycles. The summed E-state index contributed by atoms with van der Waals surface area (Å²) in [6.45, 7) is 9.22. The molecule has 0 atom stereocenters. The summed E-state index contributed by atoms with van der Waals surface area (Å²) >= 11 is 0. The Morgan fingerprint density at radius 1 is 1.23 bits per heavy atom. The minimum atomic E-state index is -3.46. The van der Waals surface area contributed by atoms with Crippen LogP contribution >= 0.6 is 0 Å². The molecule has 0 radical (unpaired) electrons. The Hall–Kier alpha value is -2.15. The molecule has 0 amide bonds. The van der Waals surface area contributed by atoms with Crippen LogP contribution in [0.2, 0.25) is 0 Å². The minimum Gasteiger partial charge on any atom is -0.299 e. The van der Waals surface area contributed by atoms with Crippen molar-refractivity contribution >= 4 is 15.6 Å². The van der Waals surface area contributed by atoms with E-state index in [1.165, 1.54) is 4.68 Å². The summed E-state index contributed by atoms with van der Waals surface area (Å²) in [5, 5.41) is 2.82. The third-order valence-corrected chi connectivity index (χ3v) is 7.28. The second-order valence-electron chi connectivity index (χ2n) is 7.83. The molecule has 1 aliphatic rings. The lowest BCUT2D eigenvalue weighted by Crippen LogP contribution is -2.33. The van der Waals surface area contributed by atoms with Gasteiger partial charge in [0.25, 0.3) is 5.56 Å². The molecule has 0 unspecified atom stereocenters. The van der Waals surface area contributed by atoms with E-state index in [9.17, 15) is 18.0 Å². The Morgan fingerprint density at radius 3 is 2.38 bits per heavy atom. The molecule has 140 valence electrons. The lowest BCUT2D eigenvalue weighted by molar-refractivity contribution is 0.103. The van der Waals surface area contributed by atoms with E-state index in [0.29, 0.717) is 17.7 Å². The van der Waals surface area contributed by atoms with Crippen LogP contribution in [0.25, 0.3) is 0 Å². The van der Waals surface area contributed by atoms with Crippen molar-refractivity contribution in [3.8, 4) is 0 Å². The van der Waals surface area contributed by atoms with Gasteiger partial charge in [0.05, 0.1) is 10.6 Å². The van der Waals surface area contributed by atoms with Crippen molar-refractivity contribution in [3.05, 3.63) is 49.9 Å².